The lowest BCUT2D eigenvalue weighted by atomic mass is 10.4. The van der Waals surface area contributed by atoms with Gasteiger partial charge in [0.1, 0.15) is 0 Å². The summed E-state index contributed by atoms with van der Waals surface area (Å²) in [6.45, 7) is 42.5. The molecule has 40 heavy (non-hydrogen) atoms. The minimum absolute atomic E-state index is 0.434. The predicted molar refractivity (Wildman–Crippen MR) is 200 cm³/mol. The molecule has 0 N–H and O–H groups in total. The first kappa shape index (κ1) is 40.1. The second-order valence-corrected chi connectivity index (χ2v) is 47.5. The summed E-state index contributed by atoms with van der Waals surface area (Å²) >= 11 is 0. The summed E-state index contributed by atoms with van der Waals surface area (Å²) < 4.78 is 11.7. The molecule has 0 aliphatic heterocycles. The smallest absolute Gasteiger partial charge is 0.438 e. The number of rotatable bonds is 20. The fourth-order valence-corrected chi connectivity index (χ4v) is 31.8. The molecule has 3 nitrogen and oxygen atoms in total. The molecule has 0 fully saturated rings. The maximum Gasteiger partial charge on any atom is 0.507 e. The van der Waals surface area contributed by atoms with Crippen LogP contribution in [0.2, 0.25) is 126 Å². The van der Waals surface area contributed by atoms with Gasteiger partial charge in [0, 0.05) is 16.1 Å². The second-order valence-electron chi connectivity index (χ2n) is 17.1. The van der Waals surface area contributed by atoms with E-state index in [1.807, 2.05) is 0 Å². The van der Waals surface area contributed by atoms with Crippen molar-refractivity contribution in [3.8, 4) is 0 Å². The van der Waals surface area contributed by atoms with Gasteiger partial charge in [-0.15, -0.1) is 24.6 Å². The fraction of sp³-hybridized carbons (Fsp3) is 0.839. The highest BCUT2D eigenvalue weighted by Gasteiger charge is 2.39. The molecule has 0 radical (unpaired) electrons. The van der Waals surface area contributed by atoms with E-state index in [0.29, 0.717) is 23.5 Å². The minimum Gasteiger partial charge on any atom is -0.438 e. The summed E-state index contributed by atoms with van der Waals surface area (Å²) in [6, 6.07) is 8.15. The molecule has 236 valence electrons. The van der Waals surface area contributed by atoms with E-state index in [1.54, 1.807) is 0 Å². The predicted octanol–water partition coefficient (Wildman–Crippen LogP) is 11.5. The van der Waals surface area contributed by atoms with Crippen molar-refractivity contribution in [1.29, 1.82) is 0 Å². The van der Waals surface area contributed by atoms with E-state index in [9.17, 15) is 4.79 Å². The molecule has 2 unspecified atom stereocenters. The highest BCUT2D eigenvalue weighted by molar-refractivity contribution is 6.88. The second kappa shape index (κ2) is 16.2. The number of hydrogen-bond acceptors (Lipinski definition) is 3. The fourth-order valence-electron chi connectivity index (χ4n) is 5.78. The molecule has 9 heteroatoms. The third-order valence-electron chi connectivity index (χ3n) is 9.92. The van der Waals surface area contributed by atoms with Gasteiger partial charge in [0.25, 0.3) is 0 Å². The van der Waals surface area contributed by atoms with Crippen molar-refractivity contribution in [2.24, 2.45) is 0 Å². The maximum atomic E-state index is 12.8. The molecule has 0 aliphatic rings. The largest absolute Gasteiger partial charge is 0.507 e. The van der Waals surface area contributed by atoms with Gasteiger partial charge in [-0.1, -0.05) is 142 Å². The molecule has 0 aromatic carbocycles. The monoisotopic (exact) mass is 658 g/mol. The molecule has 2 atom stereocenters. The first-order valence-electron chi connectivity index (χ1n) is 16.0. The lowest BCUT2D eigenvalue weighted by molar-refractivity contribution is 0.0772. The molecule has 0 bridgehead atoms. The van der Waals surface area contributed by atoms with E-state index in [1.165, 1.54) is 49.1 Å². The van der Waals surface area contributed by atoms with E-state index in [4.69, 9.17) is 9.47 Å². The number of ether oxygens (including phenoxy) is 2. The summed E-state index contributed by atoms with van der Waals surface area (Å²) in [5.41, 5.74) is 5.86. The molecule has 0 aromatic rings. The van der Waals surface area contributed by atoms with E-state index >= 15 is 0 Å². The zero-order valence-electron chi connectivity index (χ0n) is 29.5. The van der Waals surface area contributed by atoms with Crippen molar-refractivity contribution in [1.82, 2.24) is 0 Å². The lowest BCUT2D eigenvalue weighted by Crippen LogP contribution is -2.45. The average Bonchev–Trinajstić information content (AvgIpc) is 2.86. The van der Waals surface area contributed by atoms with Crippen LogP contribution in [0.1, 0.15) is 26.7 Å². The lowest BCUT2D eigenvalue weighted by Gasteiger charge is -2.38. The summed E-state index contributed by atoms with van der Waals surface area (Å²) in [6.07, 6.45) is 3.07. The van der Waals surface area contributed by atoms with Gasteiger partial charge in [-0.2, -0.15) is 0 Å². The van der Waals surface area contributed by atoms with Crippen molar-refractivity contribution in [3.05, 3.63) is 24.6 Å². The van der Waals surface area contributed by atoms with Crippen LogP contribution in [0.15, 0.2) is 24.6 Å². The number of hydrogen-bond donors (Lipinski definition) is 0. The molecule has 0 amide bonds. The highest BCUT2D eigenvalue weighted by atomic mass is 28.3. The van der Waals surface area contributed by atoms with Gasteiger partial charge < -0.3 is 9.47 Å². The van der Waals surface area contributed by atoms with Gasteiger partial charge in [-0.05, 0) is 11.1 Å². The van der Waals surface area contributed by atoms with Gasteiger partial charge in [0.05, 0.1) is 44.8 Å². The van der Waals surface area contributed by atoms with E-state index in [-0.39, 0.29) is 0 Å². The Kier molecular flexibility index (Phi) is 16.2. The Labute approximate surface area is 257 Å². The van der Waals surface area contributed by atoms with Gasteiger partial charge in [-0.25, -0.2) is 4.79 Å². The highest BCUT2D eigenvalue weighted by Crippen LogP contribution is 2.39. The third-order valence-corrected chi connectivity index (χ3v) is 30.8. The Morgan fingerprint density at radius 2 is 0.900 bits per heavy atom. The zero-order chi connectivity index (χ0) is 31.6. The molecular weight excluding hydrogens is 589 g/mol. The molecule has 0 heterocycles. The van der Waals surface area contributed by atoms with Crippen molar-refractivity contribution >= 4 is 54.6 Å². The van der Waals surface area contributed by atoms with Crippen molar-refractivity contribution in [3.63, 3.8) is 0 Å². The Morgan fingerprint density at radius 1 is 0.600 bits per heavy atom. The van der Waals surface area contributed by atoms with Gasteiger partial charge in [0.15, 0.2) is 0 Å². The summed E-state index contributed by atoms with van der Waals surface area (Å²) in [5, 5.41) is 0. The molecule has 0 aliphatic carbocycles. The zero-order valence-corrected chi connectivity index (χ0v) is 35.5. The van der Waals surface area contributed by atoms with Crippen LogP contribution in [0.25, 0.3) is 0 Å². The Balaban J connectivity index is 5.04. The Bertz CT molecular complexity index is 741. The number of carbonyl (C=O) groups excluding carboxylic acids is 1. The van der Waals surface area contributed by atoms with Crippen molar-refractivity contribution in [2.75, 3.05) is 12.5 Å². The van der Waals surface area contributed by atoms with Gasteiger partial charge in [-0.3, -0.25) is 0 Å². The topological polar surface area (TPSA) is 35.5 Å². The van der Waals surface area contributed by atoms with Crippen molar-refractivity contribution in [2.45, 2.75) is 153 Å². The standard InChI is InChI=1S/C31H70O3Si6/c1-17-29(25-37(9,10)23-21-35(5,6)19-3)39(13,14)27-33-31(32)34-28-40(15,16)30(18-2)26-38(11,12)24-22-36(7,8)20-4/h19-20,29-30H,3-4,17-18,21-28H2,1-2,5-16H3. The summed E-state index contributed by atoms with van der Waals surface area (Å²) in [4.78, 5) is 12.8. The first-order valence-corrected chi connectivity index (χ1v) is 36.0. The first-order chi connectivity index (χ1) is 18.0. The van der Waals surface area contributed by atoms with E-state index in [2.05, 4.69) is 117 Å². The van der Waals surface area contributed by atoms with Crippen LogP contribution in [-0.2, 0) is 9.47 Å². The maximum absolute atomic E-state index is 12.8. The van der Waals surface area contributed by atoms with Gasteiger partial charge in [0.2, 0.25) is 0 Å². The van der Waals surface area contributed by atoms with Gasteiger partial charge >= 0.3 is 6.16 Å². The SMILES string of the molecule is C=C[Si](C)(C)CC[Si](C)(C)CC(CC)[Si](C)(C)COC(=O)OC[Si](C)(C)C(CC)C[Si](C)(C)CC[Si](C)(C)C=C. The minimum atomic E-state index is -1.74. The summed E-state index contributed by atoms with van der Waals surface area (Å²) in [5.74, 6) is 0. The quantitative estimate of drug-likeness (QED) is 0.0964. The Morgan fingerprint density at radius 3 is 1.15 bits per heavy atom. The van der Waals surface area contributed by atoms with Crippen LogP contribution >= 0.6 is 0 Å². The van der Waals surface area contributed by atoms with Crippen LogP contribution in [0, 0.1) is 0 Å². The molecular formula is C31H70O3Si6. The average molecular weight is 659 g/mol. The third kappa shape index (κ3) is 15.5. The Hall–Kier alpha value is 0.0513. The van der Waals surface area contributed by atoms with Crippen LogP contribution in [-0.4, -0.2) is 67.1 Å². The molecule has 0 aromatic heterocycles. The van der Waals surface area contributed by atoms with E-state index in [0.717, 1.165) is 0 Å². The molecule has 0 saturated heterocycles. The molecule has 0 rings (SSSR count). The van der Waals surface area contributed by atoms with Crippen LogP contribution in [0.3, 0.4) is 0 Å². The summed E-state index contributed by atoms with van der Waals surface area (Å²) in [7, 11) is -8.63. The normalized spacial score (nSPS) is 15.3. The van der Waals surface area contributed by atoms with Crippen LogP contribution < -0.4 is 0 Å². The molecule has 0 saturated carbocycles. The molecule has 0 spiro atoms. The number of carbonyl (C=O) groups is 1. The van der Waals surface area contributed by atoms with E-state index < -0.39 is 54.6 Å². The van der Waals surface area contributed by atoms with Crippen LogP contribution in [0.5, 0.6) is 0 Å². The van der Waals surface area contributed by atoms with Crippen LogP contribution in [0.4, 0.5) is 4.79 Å². The van der Waals surface area contributed by atoms with Crippen molar-refractivity contribution < 1.29 is 14.3 Å².